The molecule has 6 nitrogen and oxygen atoms in total. The lowest BCUT2D eigenvalue weighted by Crippen LogP contribution is -2.47. The highest BCUT2D eigenvalue weighted by Gasteiger charge is 2.24. The van der Waals surface area contributed by atoms with E-state index in [1.165, 1.54) is 0 Å². The van der Waals surface area contributed by atoms with Gasteiger partial charge in [-0.15, -0.1) is 11.3 Å². The van der Waals surface area contributed by atoms with Crippen molar-refractivity contribution in [1.29, 1.82) is 0 Å². The molecule has 2 aromatic heterocycles. The summed E-state index contributed by atoms with van der Waals surface area (Å²) in [5.74, 6) is 0.0674. The Bertz CT molecular complexity index is 621. The summed E-state index contributed by atoms with van der Waals surface area (Å²) >= 11 is 1.54. The molecule has 3 rings (SSSR count). The zero-order valence-electron chi connectivity index (χ0n) is 11.3. The number of thiazole rings is 1. The van der Waals surface area contributed by atoms with Crippen LogP contribution >= 0.6 is 11.3 Å². The van der Waals surface area contributed by atoms with Gasteiger partial charge in [-0.1, -0.05) is 0 Å². The quantitative estimate of drug-likeness (QED) is 0.893. The molecule has 108 valence electrons. The number of hydrogen-bond acceptors (Lipinski definition) is 5. The lowest BCUT2D eigenvalue weighted by molar-refractivity contribution is -0.139. The van der Waals surface area contributed by atoms with Crippen LogP contribution in [0.25, 0.3) is 4.96 Å². The summed E-state index contributed by atoms with van der Waals surface area (Å²) in [6.45, 7) is 3.43. The van der Waals surface area contributed by atoms with E-state index < -0.39 is 0 Å². The first kappa shape index (κ1) is 13.5. The summed E-state index contributed by atoms with van der Waals surface area (Å²) in [6, 6.07) is 0. The van der Waals surface area contributed by atoms with Crippen LogP contribution in [0.5, 0.6) is 0 Å². The van der Waals surface area contributed by atoms with E-state index in [2.05, 4.69) is 4.98 Å². The molecular formula is C13H17N3O3S. The number of aromatic nitrogens is 2. The minimum absolute atomic E-state index is 0.0484. The molecule has 0 bridgehead atoms. The molecule has 0 spiro atoms. The van der Waals surface area contributed by atoms with E-state index in [4.69, 9.17) is 9.84 Å². The Balaban J connectivity index is 1.72. The number of amides is 1. The normalized spacial score (nSPS) is 19.7. The number of carbonyl (C=O) groups excluding carboxylic acids is 1. The van der Waals surface area contributed by atoms with Crippen LogP contribution in [0.1, 0.15) is 11.4 Å². The molecular weight excluding hydrogens is 278 g/mol. The topological polar surface area (TPSA) is 67.1 Å². The summed E-state index contributed by atoms with van der Waals surface area (Å²) in [5, 5.41) is 11.1. The molecule has 1 N–H and O–H groups in total. The van der Waals surface area contributed by atoms with Gasteiger partial charge in [-0.05, 0) is 6.92 Å². The highest BCUT2D eigenvalue weighted by Crippen LogP contribution is 2.18. The van der Waals surface area contributed by atoms with E-state index >= 15 is 0 Å². The second kappa shape index (κ2) is 5.51. The molecule has 1 fully saturated rings. The minimum atomic E-state index is -0.259. The maximum absolute atomic E-state index is 12.3. The zero-order chi connectivity index (χ0) is 14.1. The monoisotopic (exact) mass is 295 g/mol. The fourth-order valence-electron chi connectivity index (χ4n) is 2.39. The van der Waals surface area contributed by atoms with E-state index in [9.17, 15) is 4.79 Å². The van der Waals surface area contributed by atoms with Crippen molar-refractivity contribution in [3.8, 4) is 0 Å². The maximum Gasteiger partial charge on any atom is 0.228 e. The summed E-state index contributed by atoms with van der Waals surface area (Å²) < 4.78 is 7.33. The molecule has 7 heteroatoms. The number of morpholine rings is 1. The smallest absolute Gasteiger partial charge is 0.228 e. The number of ether oxygens (including phenoxy) is 1. The van der Waals surface area contributed by atoms with E-state index in [0.29, 0.717) is 26.1 Å². The summed E-state index contributed by atoms with van der Waals surface area (Å²) in [4.78, 5) is 19.4. The predicted octanol–water partition coefficient (Wildman–Crippen LogP) is 0.466. The van der Waals surface area contributed by atoms with Crippen molar-refractivity contribution in [2.24, 2.45) is 0 Å². The molecule has 1 aliphatic heterocycles. The highest BCUT2D eigenvalue weighted by atomic mass is 32.1. The zero-order valence-corrected chi connectivity index (χ0v) is 12.1. The van der Waals surface area contributed by atoms with Crippen molar-refractivity contribution < 1.29 is 14.6 Å². The molecule has 1 amide bonds. The van der Waals surface area contributed by atoms with Crippen LogP contribution in [0.15, 0.2) is 11.6 Å². The average Bonchev–Trinajstić information content (AvgIpc) is 2.99. The van der Waals surface area contributed by atoms with Crippen LogP contribution in [0.2, 0.25) is 0 Å². The van der Waals surface area contributed by atoms with Gasteiger partial charge in [-0.2, -0.15) is 0 Å². The Morgan fingerprint density at radius 3 is 3.30 bits per heavy atom. The fraction of sp³-hybridized carbons (Fsp3) is 0.538. The number of nitrogens with zero attached hydrogens (tertiary/aromatic N) is 3. The number of aliphatic hydroxyl groups is 1. The molecule has 2 aromatic rings. The van der Waals surface area contributed by atoms with Gasteiger partial charge in [0.25, 0.3) is 0 Å². The van der Waals surface area contributed by atoms with E-state index in [1.54, 1.807) is 16.2 Å². The van der Waals surface area contributed by atoms with Crippen LogP contribution in [-0.4, -0.2) is 57.7 Å². The second-order valence-corrected chi connectivity index (χ2v) is 5.79. The average molecular weight is 295 g/mol. The number of fused-ring (bicyclic) bond motifs is 1. The minimum Gasteiger partial charge on any atom is -0.394 e. The second-order valence-electron chi connectivity index (χ2n) is 4.95. The van der Waals surface area contributed by atoms with Crippen molar-refractivity contribution in [2.45, 2.75) is 19.4 Å². The summed E-state index contributed by atoms with van der Waals surface area (Å²) in [6.07, 6.45) is 2.05. The van der Waals surface area contributed by atoms with Gasteiger partial charge in [-0.3, -0.25) is 9.20 Å². The van der Waals surface area contributed by atoms with Crippen molar-refractivity contribution in [3.63, 3.8) is 0 Å². The Morgan fingerprint density at radius 1 is 1.65 bits per heavy atom. The fourth-order valence-corrected chi connectivity index (χ4v) is 3.31. The Hall–Kier alpha value is -1.44. The Kier molecular flexibility index (Phi) is 3.73. The van der Waals surface area contributed by atoms with Crippen LogP contribution in [-0.2, 0) is 16.0 Å². The number of hydrogen-bond donors (Lipinski definition) is 1. The Labute approximate surface area is 120 Å². The van der Waals surface area contributed by atoms with Gasteiger partial charge in [0.2, 0.25) is 5.91 Å². The van der Waals surface area contributed by atoms with Gasteiger partial charge < -0.3 is 14.7 Å². The molecule has 0 radical (unpaired) electrons. The molecule has 0 saturated carbocycles. The van der Waals surface area contributed by atoms with E-state index in [1.807, 2.05) is 22.9 Å². The van der Waals surface area contributed by atoms with Gasteiger partial charge in [0, 0.05) is 30.4 Å². The predicted molar refractivity (Wildman–Crippen MR) is 74.9 cm³/mol. The number of carbonyl (C=O) groups is 1. The largest absolute Gasteiger partial charge is 0.394 e. The summed E-state index contributed by atoms with van der Waals surface area (Å²) in [5.41, 5.74) is 1.92. The van der Waals surface area contributed by atoms with Gasteiger partial charge in [0.05, 0.1) is 31.4 Å². The van der Waals surface area contributed by atoms with Gasteiger partial charge in [0.15, 0.2) is 4.96 Å². The first-order valence-corrected chi connectivity index (χ1v) is 7.47. The third kappa shape index (κ3) is 2.56. The maximum atomic E-state index is 12.3. The molecule has 0 aliphatic carbocycles. The van der Waals surface area contributed by atoms with Crippen molar-refractivity contribution >= 4 is 22.2 Å². The van der Waals surface area contributed by atoms with Crippen LogP contribution < -0.4 is 0 Å². The molecule has 1 aliphatic rings. The first-order chi connectivity index (χ1) is 9.67. The van der Waals surface area contributed by atoms with E-state index in [-0.39, 0.29) is 18.6 Å². The van der Waals surface area contributed by atoms with Crippen molar-refractivity contribution in [2.75, 3.05) is 26.3 Å². The van der Waals surface area contributed by atoms with E-state index in [0.717, 1.165) is 16.3 Å². The Morgan fingerprint density at radius 2 is 2.50 bits per heavy atom. The number of imidazole rings is 1. The molecule has 20 heavy (non-hydrogen) atoms. The third-order valence-corrected chi connectivity index (χ3v) is 4.32. The van der Waals surface area contributed by atoms with Crippen LogP contribution in [0.3, 0.4) is 0 Å². The standard InChI is InChI=1S/C13H17N3O3S/c1-9-5-16-10(8-20-13(16)14-9)4-12(18)15-2-3-19-11(6-15)7-17/h5,8,11,17H,2-4,6-7H2,1H3. The van der Waals surface area contributed by atoms with Crippen molar-refractivity contribution in [3.05, 3.63) is 23.0 Å². The van der Waals surface area contributed by atoms with Gasteiger partial charge >= 0.3 is 0 Å². The SMILES string of the molecule is Cc1cn2c(CC(=O)N3CCOC(CO)C3)csc2n1. The third-order valence-electron chi connectivity index (χ3n) is 3.43. The molecule has 1 saturated heterocycles. The molecule has 1 unspecified atom stereocenters. The molecule has 1 atom stereocenters. The highest BCUT2D eigenvalue weighted by molar-refractivity contribution is 7.15. The van der Waals surface area contributed by atoms with Gasteiger partial charge in [0.1, 0.15) is 0 Å². The lowest BCUT2D eigenvalue weighted by Gasteiger charge is -2.32. The first-order valence-electron chi connectivity index (χ1n) is 6.59. The van der Waals surface area contributed by atoms with Crippen molar-refractivity contribution in [1.82, 2.24) is 14.3 Å². The number of rotatable bonds is 3. The lowest BCUT2D eigenvalue weighted by atomic mass is 10.2. The molecule has 0 aromatic carbocycles. The van der Waals surface area contributed by atoms with Crippen LogP contribution in [0.4, 0.5) is 0 Å². The number of aliphatic hydroxyl groups excluding tert-OH is 1. The van der Waals surface area contributed by atoms with Gasteiger partial charge in [-0.25, -0.2) is 4.98 Å². The summed E-state index contributed by atoms with van der Waals surface area (Å²) in [7, 11) is 0. The number of aryl methyl sites for hydroxylation is 1. The van der Waals surface area contributed by atoms with Crippen LogP contribution in [0, 0.1) is 6.92 Å². The molecule has 3 heterocycles.